The molecule has 1 atom stereocenters. The van der Waals surface area contributed by atoms with Gasteiger partial charge in [-0.05, 0) is 61.2 Å². The van der Waals surface area contributed by atoms with Crippen molar-refractivity contribution >= 4 is 35.0 Å². The molecular weight excluding hydrogens is 437 g/mol. The van der Waals surface area contributed by atoms with Gasteiger partial charge in [-0.1, -0.05) is 17.7 Å². The van der Waals surface area contributed by atoms with E-state index in [1.165, 1.54) is 17.0 Å². The average Bonchev–Trinajstić information content (AvgIpc) is 3.04. The van der Waals surface area contributed by atoms with Crippen LogP contribution in [0.4, 0.5) is 10.1 Å². The minimum Gasteiger partial charge on any atom is -0.372 e. The van der Waals surface area contributed by atoms with E-state index in [1.807, 2.05) is 0 Å². The number of aliphatic hydroxyl groups is 1. The predicted octanol–water partition coefficient (Wildman–Crippen LogP) is 2.55. The number of carbonyl (C=O) groups excluding carboxylic acids is 3. The lowest BCUT2D eigenvalue weighted by Crippen LogP contribution is -2.52. The molecule has 32 heavy (non-hydrogen) atoms. The average molecular weight is 460 g/mol. The maximum atomic E-state index is 13.5. The first-order chi connectivity index (χ1) is 15.3. The largest absolute Gasteiger partial charge is 0.372 e. The second kappa shape index (κ2) is 8.88. The van der Waals surface area contributed by atoms with Gasteiger partial charge in [-0.15, -0.1) is 0 Å². The number of rotatable bonds is 6. The summed E-state index contributed by atoms with van der Waals surface area (Å²) >= 11 is 5.81. The van der Waals surface area contributed by atoms with E-state index in [1.54, 1.807) is 24.3 Å². The van der Waals surface area contributed by atoms with Crippen LogP contribution in [0.2, 0.25) is 5.02 Å². The van der Waals surface area contributed by atoms with E-state index in [9.17, 15) is 23.9 Å². The highest BCUT2D eigenvalue weighted by Gasteiger charge is 2.51. The summed E-state index contributed by atoms with van der Waals surface area (Å²) in [6.45, 7) is 0.0188. The molecule has 1 saturated heterocycles. The standard InChI is InChI=1S/C23H23ClFN3O4/c24-16-9-14(10-17(25)12-16)13-26-21(30)23(32)7-8-28(22(23)31)19-6-1-3-15(11-19)20(29)27-18-4-2-5-18/h1,3,6,9-12,18,32H,2,4-5,7-8,13H2,(H,26,30)(H,27,29)/t23-/m0/s1. The number of anilines is 1. The Morgan fingerprint density at radius 1 is 1.22 bits per heavy atom. The van der Waals surface area contributed by atoms with E-state index in [-0.39, 0.29) is 36.5 Å². The van der Waals surface area contributed by atoms with Crippen molar-refractivity contribution in [1.29, 1.82) is 0 Å². The Kier molecular flexibility index (Phi) is 6.17. The van der Waals surface area contributed by atoms with Crippen LogP contribution < -0.4 is 15.5 Å². The minimum absolute atomic E-state index is 0.0945. The van der Waals surface area contributed by atoms with Crippen molar-refractivity contribution in [3.63, 3.8) is 0 Å². The Labute approximate surface area is 189 Å². The fraction of sp³-hybridized carbons (Fsp3) is 0.348. The van der Waals surface area contributed by atoms with Crippen LogP contribution in [0.3, 0.4) is 0 Å². The van der Waals surface area contributed by atoms with Crippen molar-refractivity contribution in [3.8, 4) is 0 Å². The summed E-state index contributed by atoms with van der Waals surface area (Å²) in [6.07, 6.45) is 2.90. The molecule has 0 unspecified atom stereocenters. The quantitative estimate of drug-likeness (QED) is 0.578. The van der Waals surface area contributed by atoms with Crippen LogP contribution in [0.25, 0.3) is 0 Å². The molecule has 3 N–H and O–H groups in total. The van der Waals surface area contributed by atoms with E-state index in [0.717, 1.165) is 25.3 Å². The zero-order valence-corrected chi connectivity index (χ0v) is 18.0. The summed E-state index contributed by atoms with van der Waals surface area (Å²) in [4.78, 5) is 39.3. The Morgan fingerprint density at radius 2 is 2.00 bits per heavy atom. The van der Waals surface area contributed by atoms with Crippen molar-refractivity contribution < 1.29 is 23.9 Å². The molecule has 2 aromatic carbocycles. The summed E-state index contributed by atoms with van der Waals surface area (Å²) in [7, 11) is 0. The van der Waals surface area contributed by atoms with E-state index >= 15 is 0 Å². The summed E-state index contributed by atoms with van der Waals surface area (Å²) < 4.78 is 13.5. The van der Waals surface area contributed by atoms with Crippen molar-refractivity contribution in [1.82, 2.24) is 10.6 Å². The lowest BCUT2D eigenvalue weighted by molar-refractivity contribution is -0.149. The van der Waals surface area contributed by atoms with Gasteiger partial charge in [0.15, 0.2) is 0 Å². The van der Waals surface area contributed by atoms with Gasteiger partial charge in [0.05, 0.1) is 0 Å². The molecule has 9 heteroatoms. The fourth-order valence-corrected chi connectivity index (χ4v) is 4.08. The van der Waals surface area contributed by atoms with Crippen LogP contribution in [-0.4, -0.2) is 41.0 Å². The van der Waals surface area contributed by atoms with E-state index in [2.05, 4.69) is 10.6 Å². The molecule has 2 fully saturated rings. The normalized spacial score (nSPS) is 20.7. The number of hydrogen-bond donors (Lipinski definition) is 3. The number of amides is 3. The molecule has 2 aromatic rings. The summed E-state index contributed by atoms with van der Waals surface area (Å²) in [5.74, 6) is -2.41. The maximum Gasteiger partial charge on any atom is 0.268 e. The van der Waals surface area contributed by atoms with Crippen LogP contribution in [0.5, 0.6) is 0 Å². The predicted molar refractivity (Wildman–Crippen MR) is 117 cm³/mol. The van der Waals surface area contributed by atoms with Gasteiger partial charge >= 0.3 is 0 Å². The van der Waals surface area contributed by atoms with Gasteiger partial charge in [-0.3, -0.25) is 14.4 Å². The van der Waals surface area contributed by atoms with Gasteiger partial charge in [0.25, 0.3) is 17.7 Å². The number of carbonyl (C=O) groups is 3. The third-order valence-electron chi connectivity index (χ3n) is 5.91. The molecule has 3 amide bonds. The van der Waals surface area contributed by atoms with Crippen molar-refractivity contribution in [3.05, 3.63) is 64.4 Å². The first-order valence-electron chi connectivity index (χ1n) is 10.4. The number of hydrogen-bond acceptors (Lipinski definition) is 4. The summed E-state index contributed by atoms with van der Waals surface area (Å²) in [5.41, 5.74) is -1.01. The fourth-order valence-electron chi connectivity index (χ4n) is 3.84. The first kappa shape index (κ1) is 22.2. The van der Waals surface area contributed by atoms with E-state index < -0.39 is 23.2 Å². The maximum absolute atomic E-state index is 13.5. The third kappa shape index (κ3) is 4.47. The van der Waals surface area contributed by atoms with Crippen LogP contribution >= 0.6 is 11.6 Å². The van der Waals surface area contributed by atoms with Crippen LogP contribution in [0.15, 0.2) is 42.5 Å². The number of nitrogens with one attached hydrogen (secondary N) is 2. The molecule has 7 nitrogen and oxygen atoms in total. The molecule has 0 spiro atoms. The lowest BCUT2D eigenvalue weighted by atomic mass is 9.93. The number of nitrogens with zero attached hydrogens (tertiary/aromatic N) is 1. The van der Waals surface area contributed by atoms with Gasteiger partial charge in [-0.25, -0.2) is 4.39 Å². The van der Waals surface area contributed by atoms with Crippen LogP contribution in [0, 0.1) is 5.82 Å². The highest BCUT2D eigenvalue weighted by atomic mass is 35.5. The molecule has 4 rings (SSSR count). The van der Waals surface area contributed by atoms with Gasteiger partial charge in [0.1, 0.15) is 5.82 Å². The second-order valence-electron chi connectivity index (χ2n) is 8.18. The zero-order valence-electron chi connectivity index (χ0n) is 17.2. The van der Waals surface area contributed by atoms with Crippen LogP contribution in [0.1, 0.15) is 41.6 Å². The minimum atomic E-state index is -2.25. The number of halogens is 2. The SMILES string of the molecule is O=C(NC1CCC1)c1cccc(N2CC[C@](O)(C(=O)NCc3cc(F)cc(Cl)c3)C2=O)c1. The highest BCUT2D eigenvalue weighted by molar-refractivity contribution is 6.30. The topological polar surface area (TPSA) is 98.7 Å². The molecule has 168 valence electrons. The van der Waals surface area contributed by atoms with E-state index in [4.69, 9.17) is 11.6 Å². The van der Waals surface area contributed by atoms with Crippen molar-refractivity contribution in [2.75, 3.05) is 11.4 Å². The van der Waals surface area contributed by atoms with Crippen molar-refractivity contribution in [2.24, 2.45) is 0 Å². The zero-order chi connectivity index (χ0) is 22.9. The molecule has 0 bridgehead atoms. The summed E-state index contributed by atoms with van der Waals surface area (Å²) in [6, 6.07) is 10.5. The van der Waals surface area contributed by atoms with E-state index in [0.29, 0.717) is 16.8 Å². The summed E-state index contributed by atoms with van der Waals surface area (Å²) in [5, 5.41) is 16.4. The Balaban J connectivity index is 1.43. The molecule has 1 saturated carbocycles. The molecule has 0 radical (unpaired) electrons. The molecule has 1 heterocycles. The third-order valence-corrected chi connectivity index (χ3v) is 6.13. The highest BCUT2D eigenvalue weighted by Crippen LogP contribution is 2.29. The Hall–Kier alpha value is -2.97. The second-order valence-corrected chi connectivity index (χ2v) is 8.62. The van der Waals surface area contributed by atoms with Gasteiger partial charge in [0, 0.05) is 41.8 Å². The monoisotopic (exact) mass is 459 g/mol. The molecule has 1 aliphatic carbocycles. The first-order valence-corrected chi connectivity index (χ1v) is 10.8. The molecular formula is C23H23ClFN3O4. The lowest BCUT2D eigenvalue weighted by Gasteiger charge is -2.26. The van der Waals surface area contributed by atoms with Crippen molar-refractivity contribution in [2.45, 2.75) is 43.9 Å². The van der Waals surface area contributed by atoms with Gasteiger partial charge in [0.2, 0.25) is 5.60 Å². The Bertz CT molecular complexity index is 1050. The molecule has 2 aliphatic rings. The molecule has 1 aliphatic heterocycles. The Morgan fingerprint density at radius 3 is 2.69 bits per heavy atom. The smallest absolute Gasteiger partial charge is 0.268 e. The number of benzene rings is 2. The molecule has 0 aromatic heterocycles. The van der Waals surface area contributed by atoms with Crippen LogP contribution in [-0.2, 0) is 16.1 Å². The van der Waals surface area contributed by atoms with Gasteiger partial charge in [-0.2, -0.15) is 0 Å². The van der Waals surface area contributed by atoms with Gasteiger partial charge < -0.3 is 20.6 Å².